The Morgan fingerprint density at radius 3 is 2.62 bits per heavy atom. The fraction of sp³-hybridized carbons (Fsp3) is 0.182. The highest BCUT2D eigenvalue weighted by Crippen LogP contribution is 2.38. The van der Waals surface area contributed by atoms with Crippen LogP contribution in [-0.4, -0.2) is 21.7 Å². The van der Waals surface area contributed by atoms with Gasteiger partial charge >= 0.3 is 0 Å². The summed E-state index contributed by atoms with van der Waals surface area (Å²) in [5.41, 5.74) is 1.77. The molecule has 5 aromatic rings. The van der Waals surface area contributed by atoms with Gasteiger partial charge in [-0.05, 0) is 23.8 Å². The van der Waals surface area contributed by atoms with Crippen LogP contribution in [0.4, 0.5) is 13.2 Å². The quantitative estimate of drug-likeness (QED) is 0.310. The molecule has 0 aliphatic carbocycles. The van der Waals surface area contributed by atoms with Gasteiger partial charge in [0.15, 0.2) is 10.8 Å². The SMILES string of the molecule is COc1cc(OCc2ccc(F)cc2)c2cc(-c3cn4nc(C(C)(F)F)sc4n3)oc2c1. The number of fused-ring (bicyclic) bond motifs is 2. The van der Waals surface area contributed by atoms with E-state index in [0.717, 1.165) is 23.8 Å². The van der Waals surface area contributed by atoms with Crippen LogP contribution in [0.25, 0.3) is 27.4 Å². The lowest BCUT2D eigenvalue weighted by molar-refractivity contribution is 0.0163. The highest BCUT2D eigenvalue weighted by atomic mass is 32.1. The minimum atomic E-state index is -3.03. The van der Waals surface area contributed by atoms with Crippen molar-refractivity contribution in [2.75, 3.05) is 7.11 Å². The third-order valence-corrected chi connectivity index (χ3v) is 5.88. The molecule has 0 unspecified atom stereocenters. The van der Waals surface area contributed by atoms with Crippen molar-refractivity contribution < 1.29 is 27.1 Å². The summed E-state index contributed by atoms with van der Waals surface area (Å²) in [6, 6.07) is 11.2. The molecule has 0 amide bonds. The summed E-state index contributed by atoms with van der Waals surface area (Å²) >= 11 is 0.820. The Labute approximate surface area is 183 Å². The number of furan rings is 1. The zero-order valence-electron chi connectivity index (χ0n) is 16.9. The molecule has 0 atom stereocenters. The molecule has 0 aliphatic heterocycles. The molecule has 3 aromatic heterocycles. The third kappa shape index (κ3) is 3.77. The van der Waals surface area contributed by atoms with Crippen LogP contribution in [0.1, 0.15) is 17.5 Å². The van der Waals surface area contributed by atoms with Gasteiger partial charge in [-0.1, -0.05) is 23.5 Å². The van der Waals surface area contributed by atoms with E-state index in [1.54, 1.807) is 30.3 Å². The molecule has 0 bridgehead atoms. The molecule has 2 aromatic carbocycles. The first-order valence-electron chi connectivity index (χ1n) is 9.54. The standard InChI is InChI=1S/C22H16F3N3O3S/c1-22(24,25)20-27-28-10-16(26-21(28)32-20)19-9-15-17(7-14(29-2)8-18(15)31-19)30-11-12-3-5-13(23)6-4-12/h3-10H,11H2,1-2H3. The molecular formula is C22H16F3N3O3S. The second kappa shape index (κ2) is 7.56. The first kappa shape index (κ1) is 20.4. The summed E-state index contributed by atoms with van der Waals surface area (Å²) in [4.78, 5) is 4.71. The van der Waals surface area contributed by atoms with Crippen LogP contribution >= 0.6 is 11.3 Å². The van der Waals surface area contributed by atoms with Gasteiger partial charge in [-0.2, -0.15) is 13.9 Å². The number of hydrogen-bond donors (Lipinski definition) is 0. The van der Waals surface area contributed by atoms with Gasteiger partial charge in [0.25, 0.3) is 5.92 Å². The van der Waals surface area contributed by atoms with Gasteiger partial charge in [0, 0.05) is 19.1 Å². The van der Waals surface area contributed by atoms with E-state index in [9.17, 15) is 13.2 Å². The van der Waals surface area contributed by atoms with E-state index >= 15 is 0 Å². The molecule has 5 rings (SSSR count). The molecule has 32 heavy (non-hydrogen) atoms. The van der Waals surface area contributed by atoms with Crippen molar-refractivity contribution in [3.63, 3.8) is 0 Å². The monoisotopic (exact) mass is 459 g/mol. The smallest absolute Gasteiger partial charge is 0.298 e. The Morgan fingerprint density at radius 2 is 1.94 bits per heavy atom. The number of nitrogens with zero attached hydrogens (tertiary/aromatic N) is 3. The fourth-order valence-corrected chi connectivity index (χ4v) is 4.00. The lowest BCUT2D eigenvalue weighted by Gasteiger charge is -2.09. The average Bonchev–Trinajstić information content (AvgIpc) is 3.45. The van der Waals surface area contributed by atoms with E-state index in [2.05, 4.69) is 10.1 Å². The topological polar surface area (TPSA) is 61.8 Å². The van der Waals surface area contributed by atoms with Crippen LogP contribution in [0, 0.1) is 5.82 Å². The van der Waals surface area contributed by atoms with Crippen LogP contribution in [0.3, 0.4) is 0 Å². The van der Waals surface area contributed by atoms with E-state index in [4.69, 9.17) is 13.9 Å². The molecule has 0 radical (unpaired) electrons. The first-order valence-corrected chi connectivity index (χ1v) is 10.4. The molecule has 0 aliphatic rings. The molecule has 0 saturated heterocycles. The summed E-state index contributed by atoms with van der Waals surface area (Å²) < 4.78 is 58.7. The maximum atomic E-state index is 13.5. The predicted molar refractivity (Wildman–Crippen MR) is 113 cm³/mol. The van der Waals surface area contributed by atoms with E-state index in [1.165, 1.54) is 30.0 Å². The van der Waals surface area contributed by atoms with E-state index in [-0.39, 0.29) is 17.4 Å². The zero-order chi connectivity index (χ0) is 22.5. The number of benzene rings is 2. The maximum Gasteiger partial charge on any atom is 0.298 e. The van der Waals surface area contributed by atoms with Gasteiger partial charge in [-0.25, -0.2) is 13.9 Å². The van der Waals surface area contributed by atoms with Gasteiger partial charge in [0.2, 0.25) is 4.96 Å². The normalized spacial score (nSPS) is 12.0. The number of aromatic nitrogens is 3. The van der Waals surface area contributed by atoms with Crippen molar-refractivity contribution in [2.24, 2.45) is 0 Å². The van der Waals surface area contributed by atoms with E-state index in [0.29, 0.717) is 38.9 Å². The number of ether oxygens (including phenoxy) is 2. The van der Waals surface area contributed by atoms with Crippen molar-refractivity contribution in [1.82, 2.24) is 14.6 Å². The van der Waals surface area contributed by atoms with Gasteiger partial charge in [-0.15, -0.1) is 0 Å². The number of rotatable bonds is 6. The summed E-state index contributed by atoms with van der Waals surface area (Å²) in [5.74, 6) is -1.86. The Kier molecular flexibility index (Phi) is 4.81. The average molecular weight is 459 g/mol. The molecule has 0 spiro atoms. The van der Waals surface area contributed by atoms with Crippen molar-refractivity contribution in [1.29, 1.82) is 0 Å². The number of methoxy groups -OCH3 is 1. The molecular weight excluding hydrogens is 443 g/mol. The van der Waals surface area contributed by atoms with Gasteiger partial charge in [-0.3, -0.25) is 0 Å². The number of alkyl halides is 2. The summed E-state index contributed by atoms with van der Waals surface area (Å²) in [6.45, 7) is 1.02. The molecule has 3 heterocycles. The first-order chi connectivity index (χ1) is 15.3. The molecule has 10 heteroatoms. The van der Waals surface area contributed by atoms with Crippen LogP contribution in [0.15, 0.2) is 53.1 Å². The van der Waals surface area contributed by atoms with Crippen molar-refractivity contribution in [3.8, 4) is 23.0 Å². The van der Waals surface area contributed by atoms with Crippen LogP contribution in [-0.2, 0) is 12.5 Å². The second-order valence-electron chi connectivity index (χ2n) is 7.21. The largest absolute Gasteiger partial charge is 0.496 e. The second-order valence-corrected chi connectivity index (χ2v) is 8.17. The molecule has 6 nitrogen and oxygen atoms in total. The van der Waals surface area contributed by atoms with Crippen LogP contribution in [0.2, 0.25) is 0 Å². The lowest BCUT2D eigenvalue weighted by Crippen LogP contribution is -2.06. The number of hydrogen-bond acceptors (Lipinski definition) is 6. The maximum absolute atomic E-state index is 13.5. The van der Waals surface area contributed by atoms with Crippen LogP contribution in [0.5, 0.6) is 11.5 Å². The Balaban J connectivity index is 1.49. The van der Waals surface area contributed by atoms with Crippen molar-refractivity contribution in [3.05, 3.63) is 65.0 Å². The molecule has 164 valence electrons. The van der Waals surface area contributed by atoms with Crippen LogP contribution < -0.4 is 9.47 Å². The van der Waals surface area contributed by atoms with Gasteiger partial charge < -0.3 is 13.9 Å². The van der Waals surface area contributed by atoms with Gasteiger partial charge in [0.1, 0.15) is 35.2 Å². The summed E-state index contributed by atoms with van der Waals surface area (Å²) in [5, 5.41) is 4.29. The third-order valence-electron chi connectivity index (χ3n) is 4.79. The lowest BCUT2D eigenvalue weighted by atomic mass is 10.2. The zero-order valence-corrected chi connectivity index (χ0v) is 17.8. The predicted octanol–water partition coefficient (Wildman–Crippen LogP) is 6.04. The van der Waals surface area contributed by atoms with E-state index < -0.39 is 5.92 Å². The minimum Gasteiger partial charge on any atom is -0.496 e. The minimum absolute atomic E-state index is 0.223. The molecule has 0 saturated carbocycles. The number of imidazole rings is 1. The molecule has 0 fully saturated rings. The Bertz CT molecular complexity index is 1390. The van der Waals surface area contributed by atoms with Gasteiger partial charge in [0.05, 0.1) is 18.7 Å². The van der Waals surface area contributed by atoms with Crippen molar-refractivity contribution in [2.45, 2.75) is 19.5 Å². The fourth-order valence-electron chi connectivity index (χ4n) is 3.18. The Hall–Kier alpha value is -3.53. The summed E-state index contributed by atoms with van der Waals surface area (Å²) in [6.07, 6.45) is 1.54. The van der Waals surface area contributed by atoms with E-state index in [1.807, 2.05) is 0 Å². The highest BCUT2D eigenvalue weighted by Gasteiger charge is 2.30. The Morgan fingerprint density at radius 1 is 1.16 bits per heavy atom. The number of halogens is 3. The van der Waals surface area contributed by atoms with Crippen molar-refractivity contribution >= 4 is 27.3 Å². The molecule has 0 N–H and O–H groups in total. The highest BCUT2D eigenvalue weighted by molar-refractivity contribution is 7.16. The summed E-state index contributed by atoms with van der Waals surface area (Å²) in [7, 11) is 1.53.